The molecule has 4 aromatic rings. The Labute approximate surface area is 290 Å². The molecule has 4 aliphatic heterocycles. The first-order valence-corrected chi connectivity index (χ1v) is 17.6. The molecule has 1 N–H and O–H groups in total. The summed E-state index contributed by atoms with van der Waals surface area (Å²) in [6.07, 6.45) is 1.89. The molecule has 2 fully saturated rings. The molecule has 0 aliphatic carbocycles. The van der Waals surface area contributed by atoms with Crippen molar-refractivity contribution < 1.29 is 23.8 Å². The van der Waals surface area contributed by atoms with E-state index >= 15 is 0 Å². The number of carbonyl (C=O) groups is 2. The lowest BCUT2D eigenvalue weighted by molar-refractivity contribution is -0.114. The highest BCUT2D eigenvalue weighted by Crippen LogP contribution is 2.36. The third kappa shape index (κ3) is 7.14. The number of aliphatic imine (C=N–C) groups is 1. The van der Waals surface area contributed by atoms with E-state index in [0.29, 0.717) is 70.9 Å². The van der Waals surface area contributed by atoms with Crippen molar-refractivity contribution in [2.75, 3.05) is 62.3 Å². The third-order valence-corrected chi connectivity index (χ3v) is 10.6. The smallest absolute Gasteiger partial charge is 0.286 e. The van der Waals surface area contributed by atoms with Gasteiger partial charge < -0.3 is 24.5 Å². The first-order valence-electron chi connectivity index (χ1n) is 15.9. The molecule has 0 bridgehead atoms. The second-order valence-electron chi connectivity index (χ2n) is 11.7. The van der Waals surface area contributed by atoms with Crippen LogP contribution in [0.5, 0.6) is 5.88 Å². The average molecular weight is 697 g/mol. The fraction of sp³-hybridized carbons (Fsp3) is 0.250. The minimum atomic E-state index is -0.325. The van der Waals surface area contributed by atoms with E-state index in [1.807, 2.05) is 66.4 Å². The molecule has 10 nitrogen and oxygen atoms in total. The highest BCUT2D eigenvalue weighted by atomic mass is 32.2. The Hall–Kier alpha value is -4.85. The normalized spacial score (nSPS) is 18.3. The predicted molar refractivity (Wildman–Crippen MR) is 191 cm³/mol. The van der Waals surface area contributed by atoms with E-state index in [1.165, 1.54) is 34.7 Å². The van der Waals surface area contributed by atoms with Gasteiger partial charge >= 0.3 is 0 Å². The summed E-state index contributed by atoms with van der Waals surface area (Å²) < 4.78 is 19.3. The minimum absolute atomic E-state index is 0.109. The number of nitrogens with zero attached hydrogens (tertiary/aromatic N) is 6. The summed E-state index contributed by atoms with van der Waals surface area (Å²) in [6.45, 7) is 7.61. The maximum Gasteiger partial charge on any atom is 0.286 e. The number of thiazole rings is 1. The Morgan fingerprint density at radius 2 is 1.51 bits per heavy atom. The van der Waals surface area contributed by atoms with Crippen molar-refractivity contribution in [2.45, 2.75) is 6.92 Å². The van der Waals surface area contributed by atoms with Crippen LogP contribution in [-0.4, -0.2) is 84.5 Å². The molecule has 49 heavy (non-hydrogen) atoms. The summed E-state index contributed by atoms with van der Waals surface area (Å²) in [7, 11) is 0. The van der Waals surface area contributed by atoms with Crippen molar-refractivity contribution in [1.82, 2.24) is 9.88 Å². The van der Waals surface area contributed by atoms with Crippen molar-refractivity contribution in [2.24, 2.45) is 9.98 Å². The number of amidine groups is 1. The Kier molecular flexibility index (Phi) is 9.56. The molecule has 3 aromatic carbocycles. The van der Waals surface area contributed by atoms with Crippen LogP contribution < -0.4 is 20.4 Å². The SMILES string of the molecule is Cc1ccc(C=C2SC(N3CCN(c4ccccc4F)CC3)=NC2=O)cc1.O=C1N=c2ccccc2=C1c1sc(N2CCOCC2)nc1O. The first kappa shape index (κ1) is 32.7. The van der Waals surface area contributed by atoms with Gasteiger partial charge in [0.25, 0.3) is 11.8 Å². The lowest BCUT2D eigenvalue weighted by atomic mass is 10.1. The van der Waals surface area contributed by atoms with Gasteiger partial charge in [-0.3, -0.25) is 9.59 Å². The molecule has 4 aliphatic rings. The lowest BCUT2D eigenvalue weighted by Gasteiger charge is -2.36. The number of benzene rings is 3. The molecule has 13 heteroatoms. The van der Waals surface area contributed by atoms with E-state index in [2.05, 4.69) is 24.8 Å². The Bertz CT molecular complexity index is 2080. The van der Waals surface area contributed by atoms with Crippen LogP contribution in [0.3, 0.4) is 0 Å². The fourth-order valence-electron chi connectivity index (χ4n) is 5.83. The topological polar surface area (TPSA) is 111 Å². The fourth-order valence-corrected chi connectivity index (χ4v) is 7.86. The highest BCUT2D eigenvalue weighted by Gasteiger charge is 2.29. The van der Waals surface area contributed by atoms with Gasteiger partial charge in [-0.1, -0.05) is 71.5 Å². The summed E-state index contributed by atoms with van der Waals surface area (Å²) in [5.41, 5.74) is 3.25. The van der Waals surface area contributed by atoms with Gasteiger partial charge in [-0.25, -0.2) is 9.38 Å². The zero-order valence-electron chi connectivity index (χ0n) is 26.7. The number of halogens is 1. The molecule has 0 spiro atoms. The van der Waals surface area contributed by atoms with Gasteiger partial charge in [0.05, 0.1) is 34.7 Å². The number of thioether (sulfide) groups is 1. The standard InChI is InChI=1S/C21H20FN3OS.C15H13N3O3S/c1-15-6-8-16(9-7-15)14-19-20(26)23-21(27-19)25-12-10-24(11-13-25)18-5-3-2-4-17(18)22;19-13-11(9-3-1-2-4-10(9)16-13)12-14(20)17-15(22-12)18-5-7-21-8-6-18/h2-9,14H,10-13H2,1H3;1-4,20H,5-8H2. The number of ether oxygens (including phenoxy) is 1. The van der Waals surface area contributed by atoms with Crippen molar-refractivity contribution in [3.63, 3.8) is 0 Å². The van der Waals surface area contributed by atoms with Crippen LogP contribution in [0.2, 0.25) is 0 Å². The van der Waals surface area contributed by atoms with Gasteiger partial charge in [-0.05, 0) is 48.5 Å². The summed E-state index contributed by atoms with van der Waals surface area (Å²) in [4.78, 5) is 44.3. The number of aromatic hydroxyl groups is 1. The van der Waals surface area contributed by atoms with Gasteiger partial charge in [-0.2, -0.15) is 9.98 Å². The number of fused-ring (bicyclic) bond motifs is 1. The van der Waals surface area contributed by atoms with Gasteiger partial charge in [0, 0.05) is 44.5 Å². The van der Waals surface area contributed by atoms with Crippen LogP contribution >= 0.6 is 23.1 Å². The first-order chi connectivity index (χ1) is 23.8. The largest absolute Gasteiger partial charge is 0.492 e. The molecule has 0 unspecified atom stereocenters. The summed E-state index contributed by atoms with van der Waals surface area (Å²) in [5.74, 6) is -0.820. The summed E-state index contributed by atoms with van der Waals surface area (Å²) in [6, 6.07) is 22.2. The molecular formula is C36H33FN6O4S2. The predicted octanol–water partition coefficient (Wildman–Crippen LogP) is 3.97. The van der Waals surface area contributed by atoms with Crippen LogP contribution in [0.25, 0.3) is 11.6 Å². The van der Waals surface area contributed by atoms with Crippen LogP contribution in [0.4, 0.5) is 15.2 Å². The molecule has 0 atom stereocenters. The molecule has 8 rings (SSSR count). The number of amides is 2. The second-order valence-corrected chi connectivity index (χ2v) is 13.7. The van der Waals surface area contributed by atoms with Crippen LogP contribution in [0.15, 0.2) is 87.7 Å². The van der Waals surface area contributed by atoms with Crippen molar-refractivity contribution in [3.05, 3.63) is 110 Å². The number of rotatable bonds is 4. The number of carbonyl (C=O) groups excluding carboxylic acids is 2. The summed E-state index contributed by atoms with van der Waals surface area (Å²) in [5, 5.41) is 13.0. The molecule has 250 valence electrons. The number of para-hydroxylation sites is 2. The molecule has 2 amide bonds. The van der Waals surface area contributed by atoms with Gasteiger partial charge in [0.2, 0.25) is 5.88 Å². The zero-order chi connectivity index (χ0) is 33.9. The number of morpholine rings is 1. The van der Waals surface area contributed by atoms with E-state index in [-0.39, 0.29) is 23.5 Å². The minimum Gasteiger partial charge on any atom is -0.492 e. The number of hydrogen-bond acceptors (Lipinski definition) is 10. The quantitative estimate of drug-likeness (QED) is 0.317. The Balaban J connectivity index is 0.000000157. The Morgan fingerprint density at radius 1 is 0.816 bits per heavy atom. The lowest BCUT2D eigenvalue weighted by Crippen LogP contribution is -2.48. The van der Waals surface area contributed by atoms with E-state index in [0.717, 1.165) is 29.0 Å². The molecule has 5 heterocycles. The second kappa shape index (κ2) is 14.3. The van der Waals surface area contributed by atoms with Gasteiger partial charge in [0.15, 0.2) is 10.3 Å². The third-order valence-electron chi connectivity index (χ3n) is 8.44. The van der Waals surface area contributed by atoms with Crippen LogP contribution in [0, 0.1) is 12.7 Å². The van der Waals surface area contributed by atoms with Crippen molar-refractivity contribution in [3.8, 4) is 5.88 Å². The van der Waals surface area contributed by atoms with Crippen molar-refractivity contribution in [1.29, 1.82) is 0 Å². The monoisotopic (exact) mass is 696 g/mol. The Morgan fingerprint density at radius 3 is 2.27 bits per heavy atom. The molecule has 0 radical (unpaired) electrons. The van der Waals surface area contributed by atoms with Gasteiger partial charge in [-0.15, -0.1) is 0 Å². The molecule has 0 saturated carbocycles. The number of aromatic nitrogens is 1. The molecular weight excluding hydrogens is 664 g/mol. The van der Waals surface area contributed by atoms with Crippen LogP contribution in [0.1, 0.15) is 16.0 Å². The van der Waals surface area contributed by atoms with E-state index < -0.39 is 0 Å². The van der Waals surface area contributed by atoms with E-state index in [9.17, 15) is 19.1 Å². The van der Waals surface area contributed by atoms with Gasteiger partial charge in [0.1, 0.15) is 10.7 Å². The maximum atomic E-state index is 14.0. The number of piperazine rings is 1. The zero-order valence-corrected chi connectivity index (χ0v) is 28.3. The van der Waals surface area contributed by atoms with Crippen LogP contribution in [-0.2, 0) is 14.3 Å². The number of anilines is 2. The van der Waals surface area contributed by atoms with E-state index in [1.54, 1.807) is 18.2 Å². The summed E-state index contributed by atoms with van der Waals surface area (Å²) >= 11 is 2.74. The van der Waals surface area contributed by atoms with E-state index in [4.69, 9.17) is 4.74 Å². The highest BCUT2D eigenvalue weighted by molar-refractivity contribution is 8.18. The average Bonchev–Trinajstić information content (AvgIpc) is 3.79. The molecule has 2 saturated heterocycles. The number of aryl methyl sites for hydroxylation is 1. The number of hydrogen-bond donors (Lipinski definition) is 1. The maximum absolute atomic E-state index is 14.0. The molecule has 1 aromatic heterocycles. The van der Waals surface area contributed by atoms with Crippen molar-refractivity contribution >= 4 is 62.5 Å².